The van der Waals surface area contributed by atoms with E-state index in [9.17, 15) is 22.8 Å². The molecule has 0 radical (unpaired) electrons. The monoisotopic (exact) mass is 415 g/mol. The maximum atomic E-state index is 12.4. The first-order valence-corrected chi connectivity index (χ1v) is 11.7. The maximum absolute atomic E-state index is 12.4. The molecule has 0 spiro atoms. The Morgan fingerprint density at radius 2 is 1.43 bits per heavy atom. The Labute approximate surface area is 170 Å². The van der Waals surface area contributed by atoms with Gasteiger partial charge in [-0.05, 0) is 58.8 Å². The summed E-state index contributed by atoms with van der Waals surface area (Å²) in [5.41, 5.74) is -0.312. The van der Waals surface area contributed by atoms with Crippen molar-refractivity contribution in [3.8, 4) is 0 Å². The quantitative estimate of drug-likeness (QED) is 0.650. The topological polar surface area (TPSA) is 97.4 Å². The van der Waals surface area contributed by atoms with Gasteiger partial charge in [0.1, 0.15) is 11.6 Å². The average molecular weight is 416 g/mol. The zero-order valence-electron chi connectivity index (χ0n) is 18.3. The molecule has 6 nitrogen and oxygen atoms in total. The average Bonchev–Trinajstić information content (AvgIpc) is 2.52. The summed E-state index contributed by atoms with van der Waals surface area (Å²) < 4.78 is 24.9. The minimum Gasteiger partial charge on any atom is -0.299 e. The van der Waals surface area contributed by atoms with Gasteiger partial charge in [-0.2, -0.15) is 0 Å². The van der Waals surface area contributed by atoms with Crippen molar-refractivity contribution in [2.45, 2.75) is 97.7 Å². The van der Waals surface area contributed by atoms with Crippen LogP contribution in [0.5, 0.6) is 0 Å². The molecule has 0 heterocycles. The van der Waals surface area contributed by atoms with Gasteiger partial charge in [0.15, 0.2) is 0 Å². The van der Waals surface area contributed by atoms with Gasteiger partial charge in [0.2, 0.25) is 15.9 Å². The Morgan fingerprint density at radius 3 is 1.89 bits per heavy atom. The summed E-state index contributed by atoms with van der Waals surface area (Å²) in [5, 5.41) is 0. The van der Waals surface area contributed by atoms with Crippen molar-refractivity contribution in [3.05, 3.63) is 0 Å². The van der Waals surface area contributed by atoms with E-state index in [1.807, 2.05) is 20.8 Å². The molecule has 1 aliphatic carbocycles. The van der Waals surface area contributed by atoms with E-state index in [0.717, 1.165) is 25.7 Å². The molecule has 0 saturated heterocycles. The first kappa shape index (κ1) is 24.8. The number of hydrogen-bond acceptors (Lipinski definition) is 5. The molecule has 162 valence electrons. The molecular weight excluding hydrogens is 378 g/mol. The van der Waals surface area contributed by atoms with Crippen molar-refractivity contribution in [1.82, 2.24) is 4.72 Å². The Morgan fingerprint density at radius 1 is 0.893 bits per heavy atom. The molecule has 1 N–H and O–H groups in total. The molecule has 0 aromatic rings. The van der Waals surface area contributed by atoms with Crippen LogP contribution in [0.3, 0.4) is 0 Å². The summed E-state index contributed by atoms with van der Waals surface area (Å²) in [6, 6.07) is 0. The van der Waals surface area contributed by atoms with Crippen LogP contribution in [0.15, 0.2) is 0 Å². The predicted molar refractivity (Wildman–Crippen MR) is 110 cm³/mol. The van der Waals surface area contributed by atoms with Gasteiger partial charge in [-0.15, -0.1) is 0 Å². The Kier molecular flexibility index (Phi) is 8.42. The van der Waals surface area contributed by atoms with Gasteiger partial charge < -0.3 is 0 Å². The van der Waals surface area contributed by atoms with E-state index < -0.39 is 20.7 Å². The van der Waals surface area contributed by atoms with Gasteiger partial charge in [0.05, 0.1) is 4.75 Å². The Hall–Kier alpha value is -1.24. The van der Waals surface area contributed by atoms with Crippen LogP contribution < -0.4 is 4.72 Å². The van der Waals surface area contributed by atoms with Crippen molar-refractivity contribution in [1.29, 1.82) is 0 Å². The van der Waals surface area contributed by atoms with Crippen LogP contribution in [0.2, 0.25) is 0 Å². The fourth-order valence-corrected chi connectivity index (χ4v) is 3.95. The summed E-state index contributed by atoms with van der Waals surface area (Å²) in [6.07, 6.45) is 4.64. The van der Waals surface area contributed by atoms with Crippen LogP contribution in [0.4, 0.5) is 0 Å². The Bertz CT molecular complexity index is 675. The van der Waals surface area contributed by atoms with Gasteiger partial charge in [-0.1, -0.05) is 20.8 Å². The number of sulfonamides is 1. The summed E-state index contributed by atoms with van der Waals surface area (Å²) in [4.78, 5) is 36.4. The Balaban J connectivity index is 2.34. The third kappa shape index (κ3) is 7.64. The van der Waals surface area contributed by atoms with E-state index in [1.54, 1.807) is 0 Å². The molecule has 1 fully saturated rings. The van der Waals surface area contributed by atoms with Crippen molar-refractivity contribution >= 4 is 27.5 Å². The highest BCUT2D eigenvalue weighted by atomic mass is 32.2. The lowest BCUT2D eigenvalue weighted by Gasteiger charge is -2.29. The number of rotatable bonds is 8. The van der Waals surface area contributed by atoms with Gasteiger partial charge in [0, 0.05) is 30.6 Å². The molecule has 28 heavy (non-hydrogen) atoms. The van der Waals surface area contributed by atoms with Crippen molar-refractivity contribution < 1.29 is 22.8 Å². The van der Waals surface area contributed by atoms with E-state index in [2.05, 4.69) is 4.72 Å². The lowest BCUT2D eigenvalue weighted by atomic mass is 9.75. The van der Waals surface area contributed by atoms with Crippen LogP contribution in [-0.2, 0) is 24.4 Å². The molecule has 1 amide bonds. The SMILES string of the molecule is CC(C)(C)C(=O)CC1CCC(C(=O)CCCC(=O)NS(=O)(=O)C(C)(C)C)CC1. The lowest BCUT2D eigenvalue weighted by Crippen LogP contribution is -2.42. The number of carbonyl (C=O) groups excluding carboxylic acids is 3. The van der Waals surface area contributed by atoms with Crippen LogP contribution in [-0.4, -0.2) is 30.6 Å². The van der Waals surface area contributed by atoms with Crippen molar-refractivity contribution in [2.24, 2.45) is 17.3 Å². The fourth-order valence-electron chi connectivity index (χ4n) is 3.24. The maximum Gasteiger partial charge on any atom is 0.239 e. The number of hydrogen-bond donors (Lipinski definition) is 1. The highest BCUT2D eigenvalue weighted by Crippen LogP contribution is 2.34. The molecule has 0 aliphatic heterocycles. The van der Waals surface area contributed by atoms with E-state index in [1.165, 1.54) is 20.8 Å². The predicted octanol–water partition coefficient (Wildman–Crippen LogP) is 3.78. The zero-order valence-corrected chi connectivity index (χ0v) is 19.1. The number of nitrogens with one attached hydrogen (secondary N) is 1. The highest BCUT2D eigenvalue weighted by molar-refractivity contribution is 7.91. The molecule has 0 aromatic heterocycles. The molecule has 1 saturated carbocycles. The third-order valence-electron chi connectivity index (χ3n) is 5.49. The van der Waals surface area contributed by atoms with Gasteiger partial charge in [0.25, 0.3) is 0 Å². The second-order valence-electron chi connectivity index (χ2n) is 10.1. The van der Waals surface area contributed by atoms with Crippen LogP contribution >= 0.6 is 0 Å². The first-order valence-electron chi connectivity index (χ1n) is 10.2. The lowest BCUT2D eigenvalue weighted by molar-refractivity contribution is -0.127. The summed E-state index contributed by atoms with van der Waals surface area (Å²) in [7, 11) is -3.71. The first-order chi connectivity index (χ1) is 12.6. The summed E-state index contributed by atoms with van der Waals surface area (Å²) >= 11 is 0. The largest absolute Gasteiger partial charge is 0.299 e. The number of Topliss-reactive ketones (excluding diaryl/α,β-unsaturated/α-hetero) is 2. The number of carbonyl (C=O) groups is 3. The number of amides is 1. The van der Waals surface area contributed by atoms with Gasteiger partial charge in [-0.3, -0.25) is 19.1 Å². The molecular formula is C21H37NO5S. The molecule has 0 unspecified atom stereocenters. The van der Waals surface area contributed by atoms with Crippen molar-refractivity contribution in [3.63, 3.8) is 0 Å². The molecule has 0 bridgehead atoms. The second kappa shape index (κ2) is 9.51. The zero-order chi connectivity index (χ0) is 21.8. The van der Waals surface area contributed by atoms with Crippen LogP contribution in [0.1, 0.15) is 92.9 Å². The molecule has 1 aliphatic rings. The highest BCUT2D eigenvalue weighted by Gasteiger charge is 2.31. The summed E-state index contributed by atoms with van der Waals surface area (Å²) in [6.45, 7) is 10.4. The molecule has 0 atom stereocenters. The van der Waals surface area contributed by atoms with E-state index in [-0.39, 0.29) is 29.3 Å². The molecule has 0 aromatic carbocycles. The molecule has 1 rings (SSSR count). The normalized spacial score (nSPS) is 21.2. The fraction of sp³-hybridized carbons (Fsp3) is 0.857. The second-order valence-corrected chi connectivity index (χ2v) is 12.5. The van der Waals surface area contributed by atoms with Gasteiger partial charge in [-0.25, -0.2) is 8.42 Å². The van der Waals surface area contributed by atoms with Gasteiger partial charge >= 0.3 is 0 Å². The van der Waals surface area contributed by atoms with Crippen LogP contribution in [0, 0.1) is 17.3 Å². The van der Waals surface area contributed by atoms with Crippen LogP contribution in [0.25, 0.3) is 0 Å². The van der Waals surface area contributed by atoms with E-state index in [0.29, 0.717) is 25.2 Å². The standard InChI is InChI=1S/C21H37NO5S/c1-20(2,3)18(24)14-15-10-12-16(13-11-15)17(23)8-7-9-19(25)22-28(26,27)21(4,5)6/h15-16H,7-14H2,1-6H3,(H,22,25). The van der Waals surface area contributed by atoms with E-state index >= 15 is 0 Å². The van der Waals surface area contributed by atoms with Crippen molar-refractivity contribution in [2.75, 3.05) is 0 Å². The number of ketones is 2. The summed E-state index contributed by atoms with van der Waals surface area (Å²) in [5.74, 6) is 0.226. The van der Waals surface area contributed by atoms with E-state index in [4.69, 9.17) is 0 Å². The molecule has 7 heteroatoms. The minimum atomic E-state index is -3.71. The smallest absolute Gasteiger partial charge is 0.239 e. The minimum absolute atomic E-state index is 0.00218. The third-order valence-corrected chi connectivity index (χ3v) is 7.60.